The number of nitrogens with two attached hydrogens (primary N) is 1. The van der Waals surface area contributed by atoms with Crippen LogP contribution in [-0.2, 0) is 16.6 Å². The number of halogens is 1. The van der Waals surface area contributed by atoms with Gasteiger partial charge in [0.25, 0.3) is 0 Å². The van der Waals surface area contributed by atoms with E-state index in [1.54, 1.807) is 0 Å². The van der Waals surface area contributed by atoms with Crippen molar-refractivity contribution in [1.29, 1.82) is 0 Å². The van der Waals surface area contributed by atoms with Gasteiger partial charge in [0, 0.05) is 19.1 Å². The highest BCUT2D eigenvalue weighted by Crippen LogP contribution is 2.42. The Hall–Kier alpha value is -1.06. The average molecular weight is 335 g/mol. The summed E-state index contributed by atoms with van der Waals surface area (Å²) in [5.74, 6) is 1.51. The second kappa shape index (κ2) is 6.10. The molecule has 0 bridgehead atoms. The standard InChI is InChI=1S/C19H26N2O.ClH/c1-19(10-4-6-13-5-2-3-7-16(13)19)18(22)21-11-14-8-9-17(20)15(14)12-21;/h2-3,5,7,14-15,17H,4,6,8-12,20H2,1H3;1H. The molecule has 126 valence electrons. The Kier molecular flexibility index (Phi) is 4.45. The Labute approximate surface area is 145 Å². The summed E-state index contributed by atoms with van der Waals surface area (Å²) in [6.07, 6.45) is 5.52. The minimum atomic E-state index is -0.336. The Bertz CT molecular complexity index is 605. The topological polar surface area (TPSA) is 46.3 Å². The molecule has 1 heterocycles. The van der Waals surface area contributed by atoms with Gasteiger partial charge in [-0.25, -0.2) is 0 Å². The second-order valence-electron chi connectivity index (χ2n) is 7.72. The van der Waals surface area contributed by atoms with Crippen LogP contribution < -0.4 is 5.73 Å². The van der Waals surface area contributed by atoms with E-state index in [0.717, 1.165) is 38.8 Å². The van der Waals surface area contributed by atoms with E-state index in [0.29, 0.717) is 23.8 Å². The maximum absolute atomic E-state index is 13.3. The number of likely N-dealkylation sites (tertiary alicyclic amines) is 1. The minimum Gasteiger partial charge on any atom is -0.341 e. The quantitative estimate of drug-likeness (QED) is 0.858. The first kappa shape index (κ1) is 16.8. The number of amides is 1. The molecular formula is C19H27ClN2O. The molecule has 1 aromatic rings. The largest absolute Gasteiger partial charge is 0.341 e. The first-order chi connectivity index (χ1) is 10.6. The maximum Gasteiger partial charge on any atom is 0.232 e. The SMILES string of the molecule is CC1(C(=O)N2CC3CCC(N)C3C2)CCCc2ccccc21.Cl. The van der Waals surface area contributed by atoms with Crippen LogP contribution >= 0.6 is 12.4 Å². The predicted octanol–water partition coefficient (Wildman–Crippen LogP) is 2.90. The lowest BCUT2D eigenvalue weighted by atomic mass is 9.70. The minimum absolute atomic E-state index is 0. The number of aryl methyl sites for hydroxylation is 1. The van der Waals surface area contributed by atoms with Crippen molar-refractivity contribution < 1.29 is 4.79 Å². The molecule has 1 amide bonds. The van der Waals surface area contributed by atoms with Gasteiger partial charge in [0.15, 0.2) is 0 Å². The van der Waals surface area contributed by atoms with Gasteiger partial charge in [-0.2, -0.15) is 0 Å². The number of carbonyl (C=O) groups excluding carboxylic acids is 1. The molecule has 0 radical (unpaired) electrons. The molecule has 1 saturated carbocycles. The van der Waals surface area contributed by atoms with E-state index in [1.165, 1.54) is 17.5 Å². The van der Waals surface area contributed by atoms with Crippen molar-refractivity contribution in [2.75, 3.05) is 13.1 Å². The summed E-state index contributed by atoms with van der Waals surface area (Å²) >= 11 is 0. The van der Waals surface area contributed by atoms with Crippen LogP contribution in [0.2, 0.25) is 0 Å². The van der Waals surface area contributed by atoms with Crippen LogP contribution in [0.5, 0.6) is 0 Å². The number of hydrogen-bond acceptors (Lipinski definition) is 2. The van der Waals surface area contributed by atoms with Crippen molar-refractivity contribution in [3.05, 3.63) is 35.4 Å². The van der Waals surface area contributed by atoms with Crippen LogP contribution in [-0.4, -0.2) is 29.9 Å². The van der Waals surface area contributed by atoms with Crippen LogP contribution in [0.15, 0.2) is 24.3 Å². The summed E-state index contributed by atoms with van der Waals surface area (Å²) < 4.78 is 0. The number of hydrogen-bond donors (Lipinski definition) is 1. The lowest BCUT2D eigenvalue weighted by Crippen LogP contribution is -2.46. The van der Waals surface area contributed by atoms with Crippen LogP contribution in [0.25, 0.3) is 0 Å². The highest BCUT2D eigenvalue weighted by Gasteiger charge is 2.47. The molecule has 4 heteroatoms. The summed E-state index contributed by atoms with van der Waals surface area (Å²) in [7, 11) is 0. The Morgan fingerprint density at radius 2 is 2.04 bits per heavy atom. The van der Waals surface area contributed by atoms with E-state index in [2.05, 4.69) is 36.1 Å². The van der Waals surface area contributed by atoms with Crippen LogP contribution in [0.4, 0.5) is 0 Å². The van der Waals surface area contributed by atoms with Crippen molar-refractivity contribution in [1.82, 2.24) is 4.90 Å². The number of benzene rings is 1. The van der Waals surface area contributed by atoms with Gasteiger partial charge in [-0.15, -0.1) is 12.4 Å². The number of fused-ring (bicyclic) bond motifs is 2. The Morgan fingerprint density at radius 1 is 1.26 bits per heavy atom. The summed E-state index contributed by atoms with van der Waals surface area (Å²) in [4.78, 5) is 15.4. The first-order valence-corrected chi connectivity index (χ1v) is 8.73. The normalized spacial score (nSPS) is 35.4. The smallest absolute Gasteiger partial charge is 0.232 e. The molecule has 2 fully saturated rings. The lowest BCUT2D eigenvalue weighted by Gasteiger charge is -2.38. The van der Waals surface area contributed by atoms with Crippen molar-refractivity contribution in [2.45, 2.75) is 50.5 Å². The fourth-order valence-corrected chi connectivity index (χ4v) is 5.09. The van der Waals surface area contributed by atoms with Gasteiger partial charge in [-0.3, -0.25) is 4.79 Å². The Balaban J connectivity index is 0.00000156. The predicted molar refractivity (Wildman–Crippen MR) is 94.7 cm³/mol. The van der Waals surface area contributed by atoms with E-state index in [9.17, 15) is 4.79 Å². The van der Waals surface area contributed by atoms with Crippen molar-refractivity contribution in [2.24, 2.45) is 17.6 Å². The molecule has 1 aliphatic heterocycles. The molecule has 0 spiro atoms. The van der Waals surface area contributed by atoms with E-state index in [4.69, 9.17) is 5.73 Å². The van der Waals surface area contributed by atoms with Gasteiger partial charge in [0.1, 0.15) is 0 Å². The Morgan fingerprint density at radius 3 is 2.83 bits per heavy atom. The zero-order valence-electron chi connectivity index (χ0n) is 13.8. The van der Waals surface area contributed by atoms with E-state index < -0.39 is 0 Å². The summed E-state index contributed by atoms with van der Waals surface area (Å²) in [5.41, 5.74) is 8.52. The molecule has 3 nitrogen and oxygen atoms in total. The third kappa shape index (κ3) is 2.58. The zero-order chi connectivity index (χ0) is 15.3. The highest BCUT2D eigenvalue weighted by molar-refractivity contribution is 5.89. The fourth-order valence-electron chi connectivity index (χ4n) is 5.09. The van der Waals surface area contributed by atoms with Gasteiger partial charge >= 0.3 is 0 Å². The molecule has 1 saturated heterocycles. The summed E-state index contributed by atoms with van der Waals surface area (Å²) in [5, 5.41) is 0. The van der Waals surface area contributed by atoms with Gasteiger partial charge in [0.05, 0.1) is 5.41 Å². The lowest BCUT2D eigenvalue weighted by molar-refractivity contribution is -0.136. The molecule has 3 aliphatic rings. The summed E-state index contributed by atoms with van der Waals surface area (Å²) in [6.45, 7) is 3.96. The number of carbonyl (C=O) groups is 1. The molecule has 4 atom stereocenters. The van der Waals surface area contributed by atoms with Gasteiger partial charge in [-0.1, -0.05) is 24.3 Å². The van der Waals surface area contributed by atoms with E-state index in [-0.39, 0.29) is 17.8 Å². The van der Waals surface area contributed by atoms with Gasteiger partial charge < -0.3 is 10.6 Å². The van der Waals surface area contributed by atoms with Crippen LogP contribution in [0.3, 0.4) is 0 Å². The van der Waals surface area contributed by atoms with E-state index in [1.807, 2.05) is 0 Å². The zero-order valence-corrected chi connectivity index (χ0v) is 14.6. The van der Waals surface area contributed by atoms with E-state index >= 15 is 0 Å². The summed E-state index contributed by atoms with van der Waals surface area (Å²) in [6, 6.07) is 8.82. The molecule has 4 unspecified atom stereocenters. The van der Waals surface area contributed by atoms with Gasteiger partial charge in [-0.05, 0) is 62.0 Å². The fraction of sp³-hybridized carbons (Fsp3) is 0.632. The van der Waals surface area contributed by atoms with Crippen LogP contribution in [0.1, 0.15) is 43.7 Å². The molecule has 0 aromatic heterocycles. The monoisotopic (exact) mass is 334 g/mol. The third-order valence-corrected chi connectivity index (χ3v) is 6.41. The second-order valence-corrected chi connectivity index (χ2v) is 7.72. The molecule has 2 N–H and O–H groups in total. The number of nitrogens with zero attached hydrogens (tertiary/aromatic N) is 1. The number of rotatable bonds is 1. The van der Waals surface area contributed by atoms with Crippen LogP contribution in [0, 0.1) is 11.8 Å². The maximum atomic E-state index is 13.3. The average Bonchev–Trinajstić information content (AvgIpc) is 3.09. The van der Waals surface area contributed by atoms with Crippen molar-refractivity contribution in [3.8, 4) is 0 Å². The molecule has 2 aliphatic carbocycles. The molecular weight excluding hydrogens is 308 g/mol. The van der Waals surface area contributed by atoms with Gasteiger partial charge in [0.2, 0.25) is 5.91 Å². The first-order valence-electron chi connectivity index (χ1n) is 8.73. The van der Waals surface area contributed by atoms with Crippen molar-refractivity contribution >= 4 is 18.3 Å². The highest BCUT2D eigenvalue weighted by atomic mass is 35.5. The third-order valence-electron chi connectivity index (χ3n) is 6.41. The molecule has 1 aromatic carbocycles. The molecule has 4 rings (SSSR count). The molecule has 23 heavy (non-hydrogen) atoms. The van der Waals surface area contributed by atoms with Crippen molar-refractivity contribution in [3.63, 3.8) is 0 Å².